The maximum Gasteiger partial charge on any atom is -0.00683 e. The summed E-state index contributed by atoms with van der Waals surface area (Å²) in [5.74, 6) is 0. The first-order chi connectivity index (χ1) is 7.38. The first kappa shape index (κ1) is 11.4. The topological polar surface area (TPSA) is 0 Å². The zero-order valence-electron chi connectivity index (χ0n) is 9.89. The lowest BCUT2D eigenvalue weighted by Gasteiger charge is -2.14. The Hall–Kier alpha value is -0.0900. The second-order valence-electron chi connectivity index (χ2n) is 4.88. The van der Waals surface area contributed by atoms with Crippen LogP contribution in [0, 0.1) is 0 Å². The molecule has 0 spiro atoms. The highest BCUT2D eigenvalue weighted by molar-refractivity contribution is 7.44. The Morgan fingerprint density at radius 2 is 2.27 bits per heavy atom. The van der Waals surface area contributed by atoms with Gasteiger partial charge in [0.05, 0.1) is 0 Å². The van der Waals surface area contributed by atoms with E-state index >= 15 is 0 Å². The Morgan fingerprint density at radius 3 is 3.00 bits per heavy atom. The molecule has 15 heavy (non-hydrogen) atoms. The third-order valence-corrected chi connectivity index (χ3v) is 5.16. The molecule has 0 aromatic rings. The summed E-state index contributed by atoms with van der Waals surface area (Å²) in [6.45, 7) is 2.31. The monoisotopic (exact) mass is 222 g/mol. The Balaban J connectivity index is 1.78. The molecule has 1 heterocycles. The smallest absolute Gasteiger partial charge is 0.00683 e. The zero-order valence-corrected chi connectivity index (χ0v) is 10.9. The molecule has 2 unspecified atom stereocenters. The summed E-state index contributed by atoms with van der Waals surface area (Å²) in [6.07, 6.45) is 16.1. The molecule has 84 valence electrons. The van der Waals surface area contributed by atoms with Crippen molar-refractivity contribution in [3.05, 3.63) is 23.0 Å². The van der Waals surface area contributed by atoms with Crippen molar-refractivity contribution in [2.24, 2.45) is 0 Å². The molecule has 2 rings (SSSR count). The van der Waals surface area contributed by atoms with Gasteiger partial charge in [-0.25, -0.2) is 0 Å². The van der Waals surface area contributed by atoms with Gasteiger partial charge in [-0.2, -0.15) is 0 Å². The Morgan fingerprint density at radius 1 is 1.33 bits per heavy atom. The van der Waals surface area contributed by atoms with Gasteiger partial charge in [0, 0.05) is 0 Å². The molecule has 0 radical (unpaired) electrons. The Bertz CT molecular complexity index is 263. The van der Waals surface area contributed by atoms with Gasteiger partial charge in [0.25, 0.3) is 0 Å². The van der Waals surface area contributed by atoms with Crippen LogP contribution in [0.3, 0.4) is 0 Å². The molecule has 0 bridgehead atoms. The van der Waals surface area contributed by atoms with Crippen LogP contribution in [-0.2, 0) is 0 Å². The zero-order chi connectivity index (χ0) is 10.5. The minimum atomic E-state index is 1.01. The van der Waals surface area contributed by atoms with Crippen LogP contribution >= 0.6 is 8.58 Å². The van der Waals surface area contributed by atoms with E-state index in [9.17, 15) is 0 Å². The second-order valence-corrected chi connectivity index (χ2v) is 6.63. The molecule has 0 fully saturated rings. The number of hydrogen-bond donors (Lipinski definition) is 0. The highest BCUT2D eigenvalue weighted by atomic mass is 31.1. The standard InChI is InChI=1S/C14H23P/c1-2-6-13-9-10-14(15-13)11-12-7-4-3-5-8-12/h7,10,13,15H,2-6,8-9,11H2,1H3. The highest BCUT2D eigenvalue weighted by Gasteiger charge is 2.17. The fourth-order valence-corrected chi connectivity index (χ4v) is 4.39. The number of hydrogen-bond acceptors (Lipinski definition) is 0. The predicted octanol–water partition coefficient (Wildman–Crippen LogP) is 5.01. The molecule has 0 N–H and O–H groups in total. The largest absolute Gasteiger partial charge is 0.0913 e. The summed E-state index contributed by atoms with van der Waals surface area (Å²) < 4.78 is 0. The summed E-state index contributed by atoms with van der Waals surface area (Å²) in [4.78, 5) is 0. The summed E-state index contributed by atoms with van der Waals surface area (Å²) in [6, 6.07) is 0. The van der Waals surface area contributed by atoms with E-state index in [1.54, 1.807) is 10.9 Å². The molecule has 0 aromatic heterocycles. The third-order valence-electron chi connectivity index (χ3n) is 3.48. The lowest BCUT2D eigenvalue weighted by molar-refractivity contribution is 0.690. The summed E-state index contributed by atoms with van der Waals surface area (Å²) >= 11 is 0. The quantitative estimate of drug-likeness (QED) is 0.463. The molecular weight excluding hydrogens is 199 g/mol. The number of rotatable bonds is 4. The lowest BCUT2D eigenvalue weighted by Crippen LogP contribution is -1.94. The molecule has 2 atom stereocenters. The molecule has 0 nitrogen and oxygen atoms in total. The van der Waals surface area contributed by atoms with Crippen LogP contribution in [0.5, 0.6) is 0 Å². The highest BCUT2D eigenvalue weighted by Crippen LogP contribution is 2.44. The van der Waals surface area contributed by atoms with Crippen LogP contribution in [0.2, 0.25) is 0 Å². The fraction of sp³-hybridized carbons (Fsp3) is 0.714. The Kier molecular flexibility index (Phi) is 4.44. The molecule has 1 aliphatic heterocycles. The molecule has 0 aromatic carbocycles. The van der Waals surface area contributed by atoms with Crippen LogP contribution in [-0.4, -0.2) is 5.66 Å². The van der Waals surface area contributed by atoms with Crippen LogP contribution in [0.15, 0.2) is 23.0 Å². The number of allylic oxidation sites excluding steroid dienone is 4. The molecule has 0 saturated carbocycles. The van der Waals surface area contributed by atoms with E-state index in [2.05, 4.69) is 19.1 Å². The average Bonchev–Trinajstić information content (AvgIpc) is 2.68. The van der Waals surface area contributed by atoms with Crippen molar-refractivity contribution in [2.45, 2.75) is 63.9 Å². The van der Waals surface area contributed by atoms with E-state index in [-0.39, 0.29) is 0 Å². The minimum absolute atomic E-state index is 1.01. The Labute approximate surface area is 96.0 Å². The van der Waals surface area contributed by atoms with Gasteiger partial charge in [-0.05, 0) is 55.9 Å². The summed E-state index contributed by atoms with van der Waals surface area (Å²) in [5.41, 5.74) is 2.74. The normalized spacial score (nSPS) is 27.9. The molecule has 1 heteroatoms. The van der Waals surface area contributed by atoms with Crippen molar-refractivity contribution in [2.75, 3.05) is 0 Å². The van der Waals surface area contributed by atoms with Gasteiger partial charge in [-0.3, -0.25) is 0 Å². The molecule has 1 aliphatic carbocycles. The van der Waals surface area contributed by atoms with Crippen LogP contribution < -0.4 is 0 Å². The average molecular weight is 222 g/mol. The van der Waals surface area contributed by atoms with E-state index in [0.717, 1.165) is 14.2 Å². The van der Waals surface area contributed by atoms with Crippen molar-refractivity contribution >= 4 is 8.58 Å². The van der Waals surface area contributed by atoms with Crippen molar-refractivity contribution in [3.63, 3.8) is 0 Å². The van der Waals surface area contributed by atoms with Crippen LogP contribution in [0.25, 0.3) is 0 Å². The van der Waals surface area contributed by atoms with Crippen LogP contribution in [0.4, 0.5) is 0 Å². The van der Waals surface area contributed by atoms with Crippen molar-refractivity contribution in [1.82, 2.24) is 0 Å². The van der Waals surface area contributed by atoms with Crippen molar-refractivity contribution in [1.29, 1.82) is 0 Å². The van der Waals surface area contributed by atoms with E-state index in [1.165, 1.54) is 51.4 Å². The van der Waals surface area contributed by atoms with Gasteiger partial charge < -0.3 is 0 Å². The van der Waals surface area contributed by atoms with E-state index in [4.69, 9.17) is 0 Å². The lowest BCUT2D eigenvalue weighted by atomic mass is 9.97. The van der Waals surface area contributed by atoms with Gasteiger partial charge >= 0.3 is 0 Å². The van der Waals surface area contributed by atoms with E-state index in [1.807, 2.05) is 0 Å². The van der Waals surface area contributed by atoms with Gasteiger partial charge in [0.15, 0.2) is 0 Å². The van der Waals surface area contributed by atoms with Crippen LogP contribution in [0.1, 0.15) is 58.3 Å². The summed E-state index contributed by atoms with van der Waals surface area (Å²) in [5, 5.41) is 1.77. The predicted molar refractivity (Wildman–Crippen MR) is 70.9 cm³/mol. The van der Waals surface area contributed by atoms with Gasteiger partial charge in [-0.1, -0.05) is 39.7 Å². The summed E-state index contributed by atoms with van der Waals surface area (Å²) in [7, 11) is 1.14. The molecular formula is C14H23P. The molecule has 2 aliphatic rings. The van der Waals surface area contributed by atoms with Gasteiger partial charge in [0.1, 0.15) is 0 Å². The maximum atomic E-state index is 2.54. The minimum Gasteiger partial charge on any atom is -0.0913 e. The van der Waals surface area contributed by atoms with Crippen molar-refractivity contribution in [3.8, 4) is 0 Å². The van der Waals surface area contributed by atoms with E-state index in [0.29, 0.717) is 0 Å². The first-order valence-electron chi connectivity index (χ1n) is 6.52. The van der Waals surface area contributed by atoms with Gasteiger partial charge in [0.2, 0.25) is 0 Å². The maximum absolute atomic E-state index is 2.54. The first-order valence-corrected chi connectivity index (χ1v) is 7.59. The molecule has 0 amide bonds. The molecule has 0 saturated heterocycles. The van der Waals surface area contributed by atoms with Gasteiger partial charge in [-0.15, -0.1) is 0 Å². The second kappa shape index (κ2) is 5.85. The fourth-order valence-electron chi connectivity index (χ4n) is 2.64. The van der Waals surface area contributed by atoms with Crippen molar-refractivity contribution < 1.29 is 0 Å². The third kappa shape index (κ3) is 3.45. The van der Waals surface area contributed by atoms with E-state index < -0.39 is 0 Å². The SMILES string of the molecule is CCCC1CC=C(CC2=CCCCC2)P1.